The lowest BCUT2D eigenvalue weighted by atomic mass is 10.3. The number of isothiocyanates is 1. The first-order valence-electron chi connectivity index (χ1n) is 3.72. The number of thiocarbonyl (C=S) groups is 1. The fourth-order valence-electron chi connectivity index (χ4n) is 0.487. The Bertz CT molecular complexity index is 146. The number of nitrogens with one attached hydrogen (secondary N) is 1. The number of hydrazone groups is 1. The molecule has 0 fully saturated rings. The molecule has 1 N–H and O–H groups in total. The van der Waals surface area contributed by atoms with Crippen molar-refractivity contribution in [3.05, 3.63) is 0 Å². The lowest BCUT2D eigenvalue weighted by Gasteiger charge is -1.87. The van der Waals surface area contributed by atoms with Gasteiger partial charge in [-0.2, -0.15) is 5.10 Å². The van der Waals surface area contributed by atoms with Crippen LogP contribution >= 0.6 is 12.2 Å². The molecule has 0 radical (unpaired) electrons. The molecule has 11 heavy (non-hydrogen) atoms. The summed E-state index contributed by atoms with van der Waals surface area (Å²) in [5.41, 5.74) is 2.50. The van der Waals surface area contributed by atoms with E-state index in [0.29, 0.717) is 0 Å². The second-order valence-electron chi connectivity index (χ2n) is 2.07. The summed E-state index contributed by atoms with van der Waals surface area (Å²) in [7, 11) is 0. The van der Waals surface area contributed by atoms with Crippen molar-refractivity contribution in [2.45, 2.75) is 26.2 Å². The molecule has 62 valence electrons. The highest BCUT2D eigenvalue weighted by molar-refractivity contribution is 7.78. The highest BCUT2D eigenvalue weighted by Gasteiger charge is 1.79. The van der Waals surface area contributed by atoms with Crippen molar-refractivity contribution in [1.29, 1.82) is 0 Å². The molecule has 0 saturated heterocycles. The first-order chi connectivity index (χ1) is 5.41. The molecule has 0 amide bonds. The van der Waals surface area contributed by atoms with Gasteiger partial charge < -0.3 is 0 Å². The minimum atomic E-state index is 0.858. The second kappa shape index (κ2) is 9.27. The van der Waals surface area contributed by atoms with Gasteiger partial charge in [0, 0.05) is 6.54 Å². The summed E-state index contributed by atoms with van der Waals surface area (Å²) in [4.78, 5) is 3.77. The molecular weight excluding hydrogens is 158 g/mol. The third kappa shape index (κ3) is 17.6. The van der Waals surface area contributed by atoms with Crippen LogP contribution in [0.4, 0.5) is 0 Å². The Hall–Kier alpha value is -0.730. The monoisotopic (exact) mass is 171 g/mol. The highest BCUT2D eigenvalue weighted by Crippen LogP contribution is 1.92. The van der Waals surface area contributed by atoms with Crippen LogP contribution in [-0.2, 0) is 0 Å². The predicted octanol–water partition coefficient (Wildman–Crippen LogP) is 1.81. The maximum atomic E-state index is 4.38. The SMILES string of the molecule is C1=NN1.CCCCCN=C=S. The summed E-state index contributed by atoms with van der Waals surface area (Å²) in [5.74, 6) is 0. The van der Waals surface area contributed by atoms with E-state index in [1.165, 1.54) is 12.8 Å². The van der Waals surface area contributed by atoms with Crippen LogP contribution in [0.1, 0.15) is 26.2 Å². The average molecular weight is 171 g/mol. The normalized spacial score (nSPS) is 10.3. The van der Waals surface area contributed by atoms with E-state index >= 15 is 0 Å². The van der Waals surface area contributed by atoms with Crippen LogP contribution in [0.2, 0.25) is 0 Å². The zero-order valence-electron chi connectivity index (χ0n) is 6.71. The van der Waals surface area contributed by atoms with Gasteiger partial charge in [0.15, 0.2) is 0 Å². The summed E-state index contributed by atoms with van der Waals surface area (Å²) in [5, 5.41) is 5.71. The third-order valence-electron chi connectivity index (χ3n) is 1.07. The van der Waals surface area contributed by atoms with E-state index in [9.17, 15) is 0 Å². The van der Waals surface area contributed by atoms with Gasteiger partial charge in [-0.3, -0.25) is 5.43 Å². The third-order valence-corrected chi connectivity index (χ3v) is 1.20. The Labute approximate surface area is 72.6 Å². The molecule has 4 heteroatoms. The van der Waals surface area contributed by atoms with Gasteiger partial charge in [-0.25, -0.2) is 4.99 Å². The van der Waals surface area contributed by atoms with Crippen LogP contribution in [0.5, 0.6) is 0 Å². The van der Waals surface area contributed by atoms with Crippen molar-refractivity contribution in [2.75, 3.05) is 6.54 Å². The van der Waals surface area contributed by atoms with E-state index in [0.717, 1.165) is 13.0 Å². The first-order valence-corrected chi connectivity index (χ1v) is 4.13. The van der Waals surface area contributed by atoms with Crippen molar-refractivity contribution in [2.24, 2.45) is 10.1 Å². The standard InChI is InChI=1S/C6H11NS.CH2N2/c1-2-3-4-5-7-6-8;1-2-3-1/h2-5H2,1H3;1H,(H,2,3). The largest absolute Gasteiger partial charge is 0.265 e. The molecule has 1 aliphatic rings. The highest BCUT2D eigenvalue weighted by atomic mass is 32.1. The summed E-state index contributed by atoms with van der Waals surface area (Å²) in [6, 6.07) is 0. The minimum absolute atomic E-state index is 0.858. The summed E-state index contributed by atoms with van der Waals surface area (Å²) in [6.07, 6.45) is 5.27. The molecule has 0 saturated carbocycles. The number of nitrogens with zero attached hydrogens (tertiary/aromatic N) is 2. The maximum Gasteiger partial charge on any atom is 0.129 e. The molecule has 0 aromatic rings. The lowest BCUT2D eigenvalue weighted by molar-refractivity contribution is 0.730. The molecule has 0 bridgehead atoms. The Morgan fingerprint density at radius 1 is 1.64 bits per heavy atom. The Kier molecular flexibility index (Phi) is 8.65. The molecular formula is C7H13N3S. The van der Waals surface area contributed by atoms with E-state index < -0.39 is 0 Å². The van der Waals surface area contributed by atoms with Gasteiger partial charge in [0.2, 0.25) is 0 Å². The van der Waals surface area contributed by atoms with Gasteiger partial charge in [-0.15, -0.1) is 0 Å². The van der Waals surface area contributed by atoms with Crippen LogP contribution in [0.25, 0.3) is 0 Å². The Morgan fingerprint density at radius 3 is 2.64 bits per heavy atom. The van der Waals surface area contributed by atoms with E-state index in [-0.39, 0.29) is 0 Å². The number of rotatable bonds is 4. The van der Waals surface area contributed by atoms with Crippen molar-refractivity contribution < 1.29 is 0 Å². The number of unbranched alkanes of at least 4 members (excludes halogenated alkanes) is 2. The van der Waals surface area contributed by atoms with Crippen LogP contribution in [0.3, 0.4) is 0 Å². The molecule has 0 spiro atoms. The van der Waals surface area contributed by atoms with Crippen LogP contribution in [0.15, 0.2) is 10.1 Å². The fraction of sp³-hybridized carbons (Fsp3) is 0.714. The number of hydrogen-bond donors (Lipinski definition) is 1. The van der Waals surface area contributed by atoms with Gasteiger partial charge in [0.05, 0.1) is 5.16 Å². The van der Waals surface area contributed by atoms with Crippen molar-refractivity contribution >= 4 is 23.7 Å². The molecule has 0 aromatic heterocycles. The van der Waals surface area contributed by atoms with Gasteiger partial charge in [0.1, 0.15) is 6.34 Å². The van der Waals surface area contributed by atoms with Crippen LogP contribution < -0.4 is 5.43 Å². The molecule has 1 heterocycles. The summed E-state index contributed by atoms with van der Waals surface area (Å²) in [6.45, 7) is 3.03. The average Bonchev–Trinajstić information content (AvgIpc) is 2.84. The van der Waals surface area contributed by atoms with Crippen molar-refractivity contribution in [3.63, 3.8) is 0 Å². The minimum Gasteiger partial charge on any atom is -0.265 e. The first kappa shape index (κ1) is 10.3. The van der Waals surface area contributed by atoms with Gasteiger partial charge in [-0.05, 0) is 18.6 Å². The van der Waals surface area contributed by atoms with Crippen LogP contribution in [-0.4, -0.2) is 18.0 Å². The fourth-order valence-corrected chi connectivity index (χ4v) is 0.578. The molecule has 3 nitrogen and oxygen atoms in total. The van der Waals surface area contributed by atoms with Gasteiger partial charge in [-0.1, -0.05) is 19.8 Å². The Morgan fingerprint density at radius 2 is 2.27 bits per heavy atom. The summed E-state index contributed by atoms with van der Waals surface area (Å²) < 4.78 is 0. The van der Waals surface area contributed by atoms with Gasteiger partial charge in [0.25, 0.3) is 0 Å². The molecule has 1 rings (SSSR count). The molecule has 1 aliphatic heterocycles. The number of hydrogen-bond acceptors (Lipinski definition) is 4. The lowest BCUT2D eigenvalue weighted by Crippen LogP contribution is -1.77. The van der Waals surface area contributed by atoms with Gasteiger partial charge >= 0.3 is 0 Å². The van der Waals surface area contributed by atoms with Crippen molar-refractivity contribution in [3.8, 4) is 0 Å². The molecule has 0 unspecified atom stereocenters. The van der Waals surface area contributed by atoms with E-state index in [1.807, 2.05) is 0 Å². The zero-order chi connectivity index (χ0) is 8.36. The number of aliphatic imine (C=N–C) groups is 1. The molecule has 0 aromatic carbocycles. The van der Waals surface area contributed by atoms with Crippen molar-refractivity contribution in [1.82, 2.24) is 5.43 Å². The zero-order valence-corrected chi connectivity index (χ0v) is 7.52. The van der Waals surface area contributed by atoms with E-state index in [4.69, 9.17) is 0 Å². The summed E-state index contributed by atoms with van der Waals surface area (Å²) >= 11 is 4.38. The Balaban J connectivity index is 0.000000271. The topological polar surface area (TPSA) is 46.7 Å². The quantitative estimate of drug-likeness (QED) is 0.398. The molecule has 0 aliphatic carbocycles. The van der Waals surface area contributed by atoms with Crippen LogP contribution in [0, 0.1) is 0 Å². The van der Waals surface area contributed by atoms with E-state index in [2.05, 4.69) is 39.8 Å². The predicted molar refractivity (Wildman–Crippen MR) is 51.0 cm³/mol. The molecule has 0 atom stereocenters. The second-order valence-corrected chi connectivity index (χ2v) is 2.25. The smallest absolute Gasteiger partial charge is 0.129 e. The van der Waals surface area contributed by atoms with E-state index in [1.54, 1.807) is 6.34 Å². The maximum absolute atomic E-state index is 4.38.